The number of non-ortho nitro benzene ring substituents is 1. The van der Waals surface area contributed by atoms with E-state index in [-0.39, 0.29) is 5.69 Å². The Morgan fingerprint density at radius 3 is 2.45 bits per heavy atom. The van der Waals surface area contributed by atoms with Crippen LogP contribution in [0.1, 0.15) is 5.56 Å². The second-order valence-electron chi connectivity index (χ2n) is 4.26. The zero-order valence-electron chi connectivity index (χ0n) is 11.3. The van der Waals surface area contributed by atoms with Crippen LogP contribution in [0.15, 0.2) is 54.7 Å². The summed E-state index contributed by atoms with van der Waals surface area (Å²) < 4.78 is 13.3. The lowest BCUT2D eigenvalue weighted by atomic mass is 10.2. The molecule has 2 N–H and O–H groups in total. The van der Waals surface area contributed by atoms with Gasteiger partial charge in [0.2, 0.25) is 0 Å². The average molecular weight is 301 g/mol. The third-order valence-corrected chi connectivity index (χ3v) is 2.72. The van der Waals surface area contributed by atoms with Crippen LogP contribution in [0.3, 0.4) is 0 Å². The van der Waals surface area contributed by atoms with Crippen LogP contribution in [0.4, 0.5) is 20.6 Å². The number of urea groups is 1. The fourth-order valence-electron chi connectivity index (χ4n) is 1.65. The van der Waals surface area contributed by atoms with Gasteiger partial charge in [0.1, 0.15) is 5.82 Å². The molecule has 2 rings (SSSR count). The number of benzene rings is 2. The number of nitrogens with zero attached hydrogens (tertiary/aromatic N) is 1. The van der Waals surface area contributed by atoms with Crippen LogP contribution in [-0.2, 0) is 0 Å². The molecule has 0 heterocycles. The van der Waals surface area contributed by atoms with Gasteiger partial charge in [-0.05, 0) is 24.3 Å². The van der Waals surface area contributed by atoms with Gasteiger partial charge in [-0.2, -0.15) is 0 Å². The Hall–Kier alpha value is -3.22. The van der Waals surface area contributed by atoms with Gasteiger partial charge in [-0.25, -0.2) is 9.18 Å². The molecule has 0 atom stereocenters. The van der Waals surface area contributed by atoms with Gasteiger partial charge < -0.3 is 10.6 Å². The molecule has 0 saturated heterocycles. The average Bonchev–Trinajstić information content (AvgIpc) is 2.50. The number of nitro groups is 1. The molecule has 2 amide bonds. The van der Waals surface area contributed by atoms with Crippen LogP contribution in [0.25, 0.3) is 6.08 Å². The molecule has 0 saturated carbocycles. The second kappa shape index (κ2) is 6.98. The van der Waals surface area contributed by atoms with Crippen molar-refractivity contribution >= 4 is 23.5 Å². The van der Waals surface area contributed by atoms with Crippen molar-refractivity contribution in [1.29, 1.82) is 0 Å². The third-order valence-electron chi connectivity index (χ3n) is 2.72. The highest BCUT2D eigenvalue weighted by molar-refractivity contribution is 5.90. The first-order valence-electron chi connectivity index (χ1n) is 6.29. The molecule has 22 heavy (non-hydrogen) atoms. The van der Waals surface area contributed by atoms with Crippen LogP contribution in [0.2, 0.25) is 0 Å². The lowest BCUT2D eigenvalue weighted by Crippen LogP contribution is -2.23. The van der Waals surface area contributed by atoms with E-state index < -0.39 is 16.8 Å². The Balaban J connectivity index is 1.90. The first-order valence-corrected chi connectivity index (χ1v) is 6.29. The highest BCUT2D eigenvalue weighted by Crippen LogP contribution is 2.15. The summed E-state index contributed by atoms with van der Waals surface area (Å²) in [6.45, 7) is 0. The number of anilines is 1. The number of halogens is 1. The maximum atomic E-state index is 13.3. The van der Waals surface area contributed by atoms with Gasteiger partial charge in [0.05, 0.1) is 4.92 Å². The number of hydrogen-bond donors (Lipinski definition) is 2. The van der Waals surface area contributed by atoms with Gasteiger partial charge in [-0.15, -0.1) is 0 Å². The molecule has 6 nitrogen and oxygen atoms in total. The van der Waals surface area contributed by atoms with Crippen molar-refractivity contribution in [2.24, 2.45) is 0 Å². The Kier molecular flexibility index (Phi) is 4.81. The zero-order chi connectivity index (χ0) is 15.9. The van der Waals surface area contributed by atoms with Gasteiger partial charge in [0, 0.05) is 29.6 Å². The standard InChI is InChI=1S/C15H12FN3O3/c16-14-4-2-1-3-11(14)9-10-17-15(20)18-12-5-7-13(8-6-12)19(21)22/h1-10H,(H2,17,18,20)/b10-9+. The molecule has 0 aliphatic carbocycles. The van der Waals surface area contributed by atoms with Crippen molar-refractivity contribution in [1.82, 2.24) is 5.32 Å². The second-order valence-corrected chi connectivity index (χ2v) is 4.26. The van der Waals surface area contributed by atoms with Crippen molar-refractivity contribution in [2.75, 3.05) is 5.32 Å². The van der Waals surface area contributed by atoms with E-state index in [1.54, 1.807) is 18.2 Å². The fourth-order valence-corrected chi connectivity index (χ4v) is 1.65. The van der Waals surface area contributed by atoms with Crippen LogP contribution in [-0.4, -0.2) is 11.0 Å². The predicted molar refractivity (Wildman–Crippen MR) is 80.7 cm³/mol. The highest BCUT2D eigenvalue weighted by Gasteiger charge is 2.05. The van der Waals surface area contributed by atoms with Crippen molar-refractivity contribution < 1.29 is 14.1 Å². The van der Waals surface area contributed by atoms with Crippen molar-refractivity contribution in [2.45, 2.75) is 0 Å². The van der Waals surface area contributed by atoms with Crippen molar-refractivity contribution in [3.8, 4) is 0 Å². The highest BCUT2D eigenvalue weighted by atomic mass is 19.1. The lowest BCUT2D eigenvalue weighted by Gasteiger charge is -2.04. The van der Waals surface area contributed by atoms with Crippen molar-refractivity contribution in [3.05, 3.63) is 76.2 Å². The molecular formula is C15H12FN3O3. The number of amides is 2. The molecule has 7 heteroatoms. The fraction of sp³-hybridized carbons (Fsp3) is 0. The van der Waals surface area contributed by atoms with E-state index in [0.717, 1.165) is 0 Å². The first-order chi connectivity index (χ1) is 10.6. The molecule has 0 unspecified atom stereocenters. The molecule has 0 spiro atoms. The van der Waals surface area contributed by atoms with E-state index in [9.17, 15) is 19.3 Å². The van der Waals surface area contributed by atoms with E-state index in [1.807, 2.05) is 0 Å². The number of hydrogen-bond acceptors (Lipinski definition) is 3. The topological polar surface area (TPSA) is 84.3 Å². The minimum Gasteiger partial charge on any atom is -0.314 e. The summed E-state index contributed by atoms with van der Waals surface area (Å²) in [6, 6.07) is 11.0. The Morgan fingerprint density at radius 2 is 1.82 bits per heavy atom. The van der Waals surface area contributed by atoms with E-state index >= 15 is 0 Å². The quantitative estimate of drug-likeness (QED) is 0.669. The Bertz CT molecular complexity index is 714. The molecule has 0 aliphatic heterocycles. The molecule has 2 aromatic rings. The molecule has 112 valence electrons. The summed E-state index contributed by atoms with van der Waals surface area (Å²) in [7, 11) is 0. The molecule has 0 radical (unpaired) electrons. The van der Waals surface area contributed by atoms with Crippen LogP contribution < -0.4 is 10.6 Å². The molecule has 0 bridgehead atoms. The van der Waals surface area contributed by atoms with Gasteiger partial charge >= 0.3 is 6.03 Å². The summed E-state index contributed by atoms with van der Waals surface area (Å²) in [5.41, 5.74) is 0.686. The summed E-state index contributed by atoms with van der Waals surface area (Å²) in [4.78, 5) is 21.6. The number of carbonyl (C=O) groups is 1. The summed E-state index contributed by atoms with van der Waals surface area (Å²) in [5.74, 6) is -0.392. The Morgan fingerprint density at radius 1 is 1.14 bits per heavy atom. The molecular weight excluding hydrogens is 289 g/mol. The summed E-state index contributed by atoms with van der Waals surface area (Å²) in [6.07, 6.45) is 2.73. The number of rotatable bonds is 4. The number of nitro benzene ring substituents is 1. The Labute approximate surface area is 125 Å². The molecule has 2 aromatic carbocycles. The normalized spacial score (nSPS) is 10.4. The zero-order valence-corrected chi connectivity index (χ0v) is 11.3. The first kappa shape index (κ1) is 15.2. The smallest absolute Gasteiger partial charge is 0.314 e. The largest absolute Gasteiger partial charge is 0.323 e. The summed E-state index contributed by atoms with van der Waals surface area (Å²) in [5, 5.41) is 15.4. The van der Waals surface area contributed by atoms with Gasteiger partial charge in [0.15, 0.2) is 0 Å². The number of carbonyl (C=O) groups excluding carboxylic acids is 1. The maximum Gasteiger partial charge on any atom is 0.323 e. The van der Waals surface area contributed by atoms with Crippen LogP contribution in [0.5, 0.6) is 0 Å². The van der Waals surface area contributed by atoms with E-state index in [4.69, 9.17) is 0 Å². The summed E-state index contributed by atoms with van der Waals surface area (Å²) >= 11 is 0. The lowest BCUT2D eigenvalue weighted by molar-refractivity contribution is -0.384. The molecule has 0 fully saturated rings. The van der Waals surface area contributed by atoms with E-state index in [0.29, 0.717) is 11.3 Å². The van der Waals surface area contributed by atoms with E-state index in [2.05, 4.69) is 10.6 Å². The predicted octanol–water partition coefficient (Wildman–Crippen LogP) is 3.53. The van der Waals surface area contributed by atoms with Gasteiger partial charge in [-0.3, -0.25) is 10.1 Å². The van der Waals surface area contributed by atoms with Crippen molar-refractivity contribution in [3.63, 3.8) is 0 Å². The third kappa shape index (κ3) is 4.14. The number of nitrogens with one attached hydrogen (secondary N) is 2. The minimum absolute atomic E-state index is 0.0644. The van der Waals surface area contributed by atoms with Gasteiger partial charge in [0.25, 0.3) is 5.69 Å². The monoisotopic (exact) mass is 301 g/mol. The molecule has 0 aliphatic rings. The van der Waals surface area contributed by atoms with Crippen LogP contribution in [0, 0.1) is 15.9 Å². The van der Waals surface area contributed by atoms with E-state index in [1.165, 1.54) is 42.6 Å². The maximum absolute atomic E-state index is 13.3. The van der Waals surface area contributed by atoms with Gasteiger partial charge in [-0.1, -0.05) is 18.2 Å². The SMILES string of the molecule is O=C(N/C=C/c1ccccc1F)Nc1ccc([N+](=O)[O-])cc1. The minimum atomic E-state index is -0.540. The van der Waals surface area contributed by atoms with Crippen LogP contribution >= 0.6 is 0 Å². The molecule has 0 aromatic heterocycles.